The first kappa shape index (κ1) is 13.2. The minimum absolute atomic E-state index is 0.157. The maximum Gasteiger partial charge on any atom is 0.343 e. The van der Waals surface area contributed by atoms with Crippen molar-refractivity contribution >= 4 is 21.9 Å². The zero-order valence-corrected chi connectivity index (χ0v) is 11.1. The van der Waals surface area contributed by atoms with Crippen molar-refractivity contribution in [1.82, 2.24) is 0 Å². The van der Waals surface area contributed by atoms with Crippen LogP contribution < -0.4 is 4.74 Å². The Hall–Kier alpha value is -2.19. The summed E-state index contributed by atoms with van der Waals surface area (Å²) in [5.41, 5.74) is 0.534. The zero-order valence-electron chi connectivity index (χ0n) is 9.56. The molecule has 0 aliphatic rings. The molecule has 0 amide bonds. The first-order chi connectivity index (χ1) is 9.10. The van der Waals surface area contributed by atoms with E-state index in [2.05, 4.69) is 15.9 Å². The molecule has 19 heavy (non-hydrogen) atoms. The predicted molar refractivity (Wildman–Crippen MR) is 70.2 cm³/mol. The lowest BCUT2D eigenvalue weighted by Crippen LogP contribution is -2.09. The number of carbonyl (C=O) groups excluding carboxylic acids is 1. The van der Waals surface area contributed by atoms with Crippen LogP contribution in [-0.4, -0.2) is 5.97 Å². The highest BCUT2D eigenvalue weighted by Gasteiger charge is 2.12. The Balaban J connectivity index is 2.23. The van der Waals surface area contributed by atoms with Crippen LogP contribution in [0.15, 0.2) is 46.9 Å². The van der Waals surface area contributed by atoms with E-state index in [1.54, 1.807) is 18.2 Å². The fourth-order valence-electron chi connectivity index (χ4n) is 1.43. The summed E-state index contributed by atoms with van der Waals surface area (Å²) >= 11 is 3.11. The zero-order chi connectivity index (χ0) is 13.8. The van der Waals surface area contributed by atoms with Crippen LogP contribution >= 0.6 is 15.9 Å². The number of esters is 1. The number of nitriles is 1. The highest BCUT2D eigenvalue weighted by atomic mass is 79.9. The molecule has 0 aliphatic carbocycles. The molecule has 0 unspecified atom stereocenters. The molecule has 0 heterocycles. The molecule has 2 aromatic carbocycles. The van der Waals surface area contributed by atoms with Crippen LogP contribution in [0.5, 0.6) is 5.75 Å². The van der Waals surface area contributed by atoms with Gasteiger partial charge >= 0.3 is 5.97 Å². The molecule has 2 rings (SSSR count). The molecule has 2 aromatic rings. The molecule has 0 aromatic heterocycles. The third kappa shape index (κ3) is 3.18. The second-order valence-electron chi connectivity index (χ2n) is 3.66. The first-order valence-corrected chi connectivity index (χ1v) is 6.07. The van der Waals surface area contributed by atoms with Gasteiger partial charge in [0.05, 0.1) is 17.2 Å². The molecule has 0 radical (unpaired) electrons. The van der Waals surface area contributed by atoms with Crippen LogP contribution in [0.3, 0.4) is 0 Å². The lowest BCUT2D eigenvalue weighted by molar-refractivity contribution is 0.0728. The van der Waals surface area contributed by atoms with Gasteiger partial charge in [0, 0.05) is 4.47 Å². The Morgan fingerprint density at radius 2 is 2.05 bits per heavy atom. The number of hydrogen-bond acceptors (Lipinski definition) is 3. The van der Waals surface area contributed by atoms with Crippen molar-refractivity contribution < 1.29 is 13.9 Å². The largest absolute Gasteiger partial charge is 0.420 e. The van der Waals surface area contributed by atoms with E-state index in [1.807, 2.05) is 6.07 Å². The lowest BCUT2D eigenvalue weighted by Gasteiger charge is -2.05. The molecule has 5 heteroatoms. The number of rotatable bonds is 2. The van der Waals surface area contributed by atoms with Crippen molar-refractivity contribution in [3.8, 4) is 11.8 Å². The van der Waals surface area contributed by atoms with Gasteiger partial charge < -0.3 is 4.74 Å². The Bertz CT molecular complexity index is 679. The molecule has 0 spiro atoms. The highest BCUT2D eigenvalue weighted by Crippen LogP contribution is 2.22. The summed E-state index contributed by atoms with van der Waals surface area (Å²) in [6.45, 7) is 0. The summed E-state index contributed by atoms with van der Waals surface area (Å²) in [5.74, 6) is -1.51. The van der Waals surface area contributed by atoms with E-state index in [0.717, 1.165) is 0 Å². The van der Waals surface area contributed by atoms with Crippen molar-refractivity contribution in [3.05, 3.63) is 63.9 Å². The van der Waals surface area contributed by atoms with E-state index in [4.69, 9.17) is 10.00 Å². The molecule has 0 aliphatic heterocycles. The van der Waals surface area contributed by atoms with E-state index < -0.39 is 11.8 Å². The van der Waals surface area contributed by atoms with E-state index in [-0.39, 0.29) is 11.3 Å². The maximum atomic E-state index is 13.5. The Morgan fingerprint density at radius 3 is 2.74 bits per heavy atom. The molecule has 0 fully saturated rings. The fourth-order valence-corrected chi connectivity index (χ4v) is 1.77. The Labute approximate surface area is 117 Å². The number of carbonyl (C=O) groups is 1. The number of ether oxygens (including phenoxy) is 1. The number of benzene rings is 2. The molecule has 0 saturated heterocycles. The van der Waals surface area contributed by atoms with Crippen LogP contribution in [0.2, 0.25) is 0 Å². The molecular weight excluding hydrogens is 313 g/mol. The quantitative estimate of drug-likeness (QED) is 0.626. The van der Waals surface area contributed by atoms with Gasteiger partial charge in [-0.3, -0.25) is 0 Å². The van der Waals surface area contributed by atoms with E-state index in [0.29, 0.717) is 10.0 Å². The fraction of sp³-hybridized carbons (Fsp3) is 0. The molecule has 3 nitrogen and oxygen atoms in total. The topological polar surface area (TPSA) is 50.1 Å². The number of nitrogens with zero attached hydrogens (tertiary/aromatic N) is 1. The van der Waals surface area contributed by atoms with Gasteiger partial charge in [-0.25, -0.2) is 9.18 Å². The monoisotopic (exact) mass is 319 g/mol. The van der Waals surface area contributed by atoms with Crippen LogP contribution in [0.4, 0.5) is 4.39 Å². The Morgan fingerprint density at radius 1 is 1.26 bits per heavy atom. The van der Waals surface area contributed by atoms with Crippen molar-refractivity contribution in [2.75, 3.05) is 0 Å². The maximum absolute atomic E-state index is 13.5. The molecule has 0 atom stereocenters. The van der Waals surface area contributed by atoms with Gasteiger partial charge in [0.15, 0.2) is 11.6 Å². The van der Waals surface area contributed by atoms with Crippen molar-refractivity contribution in [3.63, 3.8) is 0 Å². The second kappa shape index (κ2) is 5.63. The summed E-state index contributed by atoms with van der Waals surface area (Å²) in [5, 5.41) is 8.74. The van der Waals surface area contributed by atoms with Gasteiger partial charge in [-0.05, 0) is 36.4 Å². The minimum Gasteiger partial charge on any atom is -0.420 e. The predicted octanol–water partition coefficient (Wildman–Crippen LogP) is 3.68. The summed E-state index contributed by atoms with van der Waals surface area (Å²) in [6, 6.07) is 12.1. The van der Waals surface area contributed by atoms with Crippen LogP contribution in [0.25, 0.3) is 0 Å². The van der Waals surface area contributed by atoms with Crippen molar-refractivity contribution in [2.45, 2.75) is 0 Å². The van der Waals surface area contributed by atoms with E-state index in [1.165, 1.54) is 24.3 Å². The standard InChI is InChI=1S/C14H7BrFNO2/c15-11-4-5-13(12(16)7-11)19-14(18)10-3-1-2-9(6-10)8-17/h1-7H. The third-order valence-electron chi connectivity index (χ3n) is 2.32. The van der Waals surface area contributed by atoms with Crippen LogP contribution in [0.1, 0.15) is 15.9 Å². The average molecular weight is 320 g/mol. The van der Waals surface area contributed by atoms with Gasteiger partial charge in [0.1, 0.15) is 0 Å². The summed E-state index contributed by atoms with van der Waals surface area (Å²) in [6.07, 6.45) is 0. The van der Waals surface area contributed by atoms with Crippen LogP contribution in [0, 0.1) is 17.1 Å². The molecule has 94 valence electrons. The molecule has 0 saturated carbocycles. The van der Waals surface area contributed by atoms with Gasteiger partial charge in [-0.2, -0.15) is 5.26 Å². The van der Waals surface area contributed by atoms with Crippen molar-refractivity contribution in [2.24, 2.45) is 0 Å². The van der Waals surface area contributed by atoms with Gasteiger partial charge in [0.2, 0.25) is 0 Å². The minimum atomic E-state index is -0.710. The normalized spacial score (nSPS) is 9.74. The van der Waals surface area contributed by atoms with Crippen LogP contribution in [-0.2, 0) is 0 Å². The average Bonchev–Trinajstić information content (AvgIpc) is 2.42. The lowest BCUT2D eigenvalue weighted by atomic mass is 10.1. The summed E-state index contributed by atoms with van der Waals surface area (Å²) in [7, 11) is 0. The number of halogens is 2. The van der Waals surface area contributed by atoms with Crippen molar-refractivity contribution in [1.29, 1.82) is 5.26 Å². The molecule has 0 bridgehead atoms. The molecule has 0 N–H and O–H groups in total. The van der Waals surface area contributed by atoms with Gasteiger partial charge in [-0.1, -0.05) is 22.0 Å². The van der Waals surface area contributed by atoms with Gasteiger partial charge in [0.25, 0.3) is 0 Å². The summed E-state index contributed by atoms with van der Waals surface area (Å²) < 4.78 is 19.0. The highest BCUT2D eigenvalue weighted by molar-refractivity contribution is 9.10. The SMILES string of the molecule is N#Cc1cccc(C(=O)Oc2ccc(Br)cc2F)c1. The first-order valence-electron chi connectivity index (χ1n) is 5.27. The van der Waals surface area contributed by atoms with E-state index in [9.17, 15) is 9.18 Å². The summed E-state index contributed by atoms with van der Waals surface area (Å²) in [4.78, 5) is 11.8. The number of hydrogen-bond donors (Lipinski definition) is 0. The van der Waals surface area contributed by atoms with E-state index >= 15 is 0 Å². The molecular formula is C14H7BrFNO2. The second-order valence-corrected chi connectivity index (χ2v) is 4.57. The third-order valence-corrected chi connectivity index (χ3v) is 2.82. The smallest absolute Gasteiger partial charge is 0.343 e. The Kier molecular flexibility index (Phi) is 3.93. The van der Waals surface area contributed by atoms with Gasteiger partial charge in [-0.15, -0.1) is 0 Å².